The maximum Gasteiger partial charge on any atom is 0.338 e. The summed E-state index contributed by atoms with van der Waals surface area (Å²) < 4.78 is 0. The molecule has 14 heavy (non-hydrogen) atoms. The number of nitrogens with two attached hydrogens (primary N) is 2. The smallest absolute Gasteiger partial charge is 0.338 e. The second kappa shape index (κ2) is 5.46. The third-order valence-electron chi connectivity index (χ3n) is 1.44. The average Bonchev–Trinajstić information content (AvgIpc) is 2.00. The van der Waals surface area contributed by atoms with Gasteiger partial charge in [-0.25, -0.2) is 10.6 Å². The summed E-state index contributed by atoms with van der Waals surface area (Å²) in [4.78, 5) is 10.3. The van der Waals surface area contributed by atoms with Gasteiger partial charge in [0.05, 0.1) is 5.70 Å². The molecule has 6 nitrogen and oxygen atoms in total. The first-order valence-corrected chi connectivity index (χ1v) is 4.24. The van der Waals surface area contributed by atoms with Crippen LogP contribution in [0.25, 0.3) is 0 Å². The van der Waals surface area contributed by atoms with Crippen molar-refractivity contribution in [3.05, 3.63) is 11.9 Å². The van der Waals surface area contributed by atoms with Crippen LogP contribution < -0.4 is 11.6 Å². The van der Waals surface area contributed by atoms with Crippen LogP contribution >= 0.6 is 0 Å². The maximum absolute atomic E-state index is 10.3. The number of rotatable bonds is 5. The van der Waals surface area contributed by atoms with Crippen molar-refractivity contribution in [2.75, 3.05) is 6.54 Å². The molecule has 0 aromatic carbocycles. The molecule has 0 amide bonds. The normalized spacial score (nSPS) is 14.2. The first-order valence-electron chi connectivity index (χ1n) is 4.24. The molecular weight excluding hydrogens is 186 g/mol. The number of aliphatic carboxylic acids is 1. The van der Waals surface area contributed by atoms with E-state index in [-0.39, 0.29) is 5.70 Å². The zero-order chi connectivity index (χ0) is 11.3. The van der Waals surface area contributed by atoms with Gasteiger partial charge in [-0.2, -0.15) is 0 Å². The molecule has 0 bridgehead atoms. The highest BCUT2D eigenvalue weighted by Crippen LogP contribution is 1.99. The summed E-state index contributed by atoms with van der Waals surface area (Å²) in [6.07, 6.45) is -0.480. The van der Waals surface area contributed by atoms with Crippen molar-refractivity contribution in [2.45, 2.75) is 20.0 Å². The summed E-state index contributed by atoms with van der Waals surface area (Å²) >= 11 is 0. The highest BCUT2D eigenvalue weighted by atomic mass is 16.4. The van der Waals surface area contributed by atoms with E-state index in [0.717, 1.165) is 0 Å². The second-order valence-electron chi connectivity index (χ2n) is 3.46. The van der Waals surface area contributed by atoms with Gasteiger partial charge in [-0.3, -0.25) is 0 Å². The van der Waals surface area contributed by atoms with Gasteiger partial charge in [-0.05, 0) is 5.92 Å². The summed E-state index contributed by atoms with van der Waals surface area (Å²) in [5.74, 6) is 4.42. The van der Waals surface area contributed by atoms with E-state index >= 15 is 0 Å². The lowest BCUT2D eigenvalue weighted by atomic mass is 10.2. The van der Waals surface area contributed by atoms with E-state index in [1.807, 2.05) is 13.8 Å². The molecule has 1 atom stereocenters. The minimum absolute atomic E-state index is 0.180. The Hall–Kier alpha value is -1.27. The van der Waals surface area contributed by atoms with Crippen LogP contribution in [0.3, 0.4) is 0 Å². The quantitative estimate of drug-likeness (QED) is 0.339. The average molecular weight is 203 g/mol. The molecule has 6 heteroatoms. The number of carboxylic acids is 1. The first kappa shape index (κ1) is 12.7. The summed E-state index contributed by atoms with van der Waals surface area (Å²) in [5, 5.41) is 18.7. The van der Waals surface area contributed by atoms with Crippen molar-refractivity contribution in [3.63, 3.8) is 0 Å². The molecule has 6 N–H and O–H groups in total. The Morgan fingerprint density at radius 2 is 2.07 bits per heavy atom. The third kappa shape index (κ3) is 4.68. The highest BCUT2D eigenvalue weighted by molar-refractivity contribution is 5.75. The lowest BCUT2D eigenvalue weighted by molar-refractivity contribution is -0.144. The molecule has 0 aromatic heterocycles. The van der Waals surface area contributed by atoms with Crippen LogP contribution in [0.1, 0.15) is 13.8 Å². The summed E-state index contributed by atoms with van der Waals surface area (Å²) in [7, 11) is 0. The van der Waals surface area contributed by atoms with Crippen LogP contribution in [0.4, 0.5) is 0 Å². The van der Waals surface area contributed by atoms with Crippen LogP contribution in [0.2, 0.25) is 0 Å². The van der Waals surface area contributed by atoms with E-state index in [4.69, 9.17) is 21.8 Å². The molecule has 0 aliphatic carbocycles. The van der Waals surface area contributed by atoms with E-state index < -0.39 is 12.1 Å². The number of hydrogen-bond acceptors (Lipinski definition) is 5. The molecule has 0 fully saturated rings. The second-order valence-corrected chi connectivity index (χ2v) is 3.46. The number of nitrogens with zero attached hydrogens (tertiary/aromatic N) is 1. The largest absolute Gasteiger partial charge is 0.479 e. The Morgan fingerprint density at radius 3 is 2.43 bits per heavy atom. The van der Waals surface area contributed by atoms with Crippen molar-refractivity contribution in [3.8, 4) is 0 Å². The zero-order valence-corrected chi connectivity index (χ0v) is 8.34. The molecule has 0 aliphatic heterocycles. The number of carboxylic acid groups (broad SMARTS) is 1. The van der Waals surface area contributed by atoms with Crippen LogP contribution in [0.15, 0.2) is 11.9 Å². The van der Waals surface area contributed by atoms with Crippen molar-refractivity contribution in [1.29, 1.82) is 0 Å². The standard InChI is InChI=1S/C8H17N3O3/c1-5(2)3-11(10)4-6(9)7(12)8(13)14/h4-5,7,12H,3,9-10H2,1-2H3,(H,13,14)/b6-4-. The van der Waals surface area contributed by atoms with Gasteiger partial charge in [-0.1, -0.05) is 13.8 Å². The molecule has 0 aromatic rings. The SMILES string of the molecule is CC(C)CN(N)/C=C(\N)C(O)C(=O)O. The monoisotopic (exact) mass is 203 g/mol. The van der Waals surface area contributed by atoms with Gasteiger partial charge >= 0.3 is 5.97 Å². The fraction of sp³-hybridized carbons (Fsp3) is 0.625. The van der Waals surface area contributed by atoms with E-state index in [1.54, 1.807) is 0 Å². The lowest BCUT2D eigenvalue weighted by Crippen LogP contribution is -2.34. The number of hydrogen-bond donors (Lipinski definition) is 4. The Labute approximate surface area is 82.8 Å². The Morgan fingerprint density at radius 1 is 1.57 bits per heavy atom. The van der Waals surface area contributed by atoms with Gasteiger partial charge in [0.2, 0.25) is 0 Å². The van der Waals surface area contributed by atoms with E-state index in [0.29, 0.717) is 12.5 Å². The number of aliphatic hydroxyl groups excluding tert-OH is 1. The third-order valence-corrected chi connectivity index (χ3v) is 1.44. The Balaban J connectivity index is 4.28. The van der Waals surface area contributed by atoms with Crippen LogP contribution in [-0.2, 0) is 4.79 Å². The van der Waals surface area contributed by atoms with Crippen molar-refractivity contribution < 1.29 is 15.0 Å². The Bertz CT molecular complexity index is 228. The predicted octanol–water partition coefficient (Wildman–Crippen LogP) is -0.936. The van der Waals surface area contributed by atoms with Gasteiger partial charge < -0.3 is 21.0 Å². The van der Waals surface area contributed by atoms with Crippen LogP contribution in [0.5, 0.6) is 0 Å². The van der Waals surface area contributed by atoms with Gasteiger partial charge in [0.15, 0.2) is 6.10 Å². The molecule has 0 spiro atoms. The lowest BCUT2D eigenvalue weighted by Gasteiger charge is -2.17. The topological polar surface area (TPSA) is 113 Å². The van der Waals surface area contributed by atoms with Crippen molar-refractivity contribution >= 4 is 5.97 Å². The highest BCUT2D eigenvalue weighted by Gasteiger charge is 2.16. The number of hydrazine groups is 1. The van der Waals surface area contributed by atoms with Crippen molar-refractivity contribution in [1.82, 2.24) is 5.01 Å². The molecule has 0 aliphatic rings. The van der Waals surface area contributed by atoms with Crippen LogP contribution in [-0.4, -0.2) is 33.8 Å². The molecule has 0 saturated carbocycles. The number of carbonyl (C=O) groups is 1. The van der Waals surface area contributed by atoms with Gasteiger partial charge in [0, 0.05) is 12.7 Å². The fourth-order valence-corrected chi connectivity index (χ4v) is 0.879. The molecule has 0 saturated heterocycles. The summed E-state index contributed by atoms with van der Waals surface area (Å²) in [5.41, 5.74) is 5.12. The van der Waals surface area contributed by atoms with E-state index in [1.165, 1.54) is 11.2 Å². The zero-order valence-electron chi connectivity index (χ0n) is 8.34. The van der Waals surface area contributed by atoms with Crippen LogP contribution in [0, 0.1) is 5.92 Å². The van der Waals surface area contributed by atoms with E-state index in [2.05, 4.69) is 0 Å². The maximum atomic E-state index is 10.3. The molecule has 0 rings (SSSR count). The molecular formula is C8H17N3O3. The fourth-order valence-electron chi connectivity index (χ4n) is 0.879. The molecule has 0 radical (unpaired) electrons. The number of aliphatic hydroxyl groups is 1. The Kier molecular flexibility index (Phi) is 4.96. The van der Waals surface area contributed by atoms with E-state index in [9.17, 15) is 4.79 Å². The predicted molar refractivity (Wildman–Crippen MR) is 51.6 cm³/mol. The minimum atomic E-state index is -1.70. The van der Waals surface area contributed by atoms with Gasteiger partial charge in [0.25, 0.3) is 0 Å². The summed E-state index contributed by atoms with van der Waals surface area (Å²) in [6, 6.07) is 0. The van der Waals surface area contributed by atoms with Gasteiger partial charge in [0.1, 0.15) is 0 Å². The molecule has 0 heterocycles. The summed E-state index contributed by atoms with van der Waals surface area (Å²) in [6.45, 7) is 4.45. The van der Waals surface area contributed by atoms with Crippen molar-refractivity contribution in [2.24, 2.45) is 17.5 Å². The molecule has 82 valence electrons. The van der Waals surface area contributed by atoms with Gasteiger partial charge in [-0.15, -0.1) is 0 Å². The minimum Gasteiger partial charge on any atom is -0.479 e. The first-order chi connectivity index (χ1) is 6.34. The molecule has 1 unspecified atom stereocenters.